The molecule has 0 saturated heterocycles. The van der Waals surface area contributed by atoms with Crippen LogP contribution >= 0.6 is 0 Å². The number of anilines is 2. The van der Waals surface area contributed by atoms with Crippen LogP contribution in [0.1, 0.15) is 56.0 Å². The maximum Gasteiger partial charge on any atom is 0.416 e. The summed E-state index contributed by atoms with van der Waals surface area (Å²) < 4.78 is 80.6. The van der Waals surface area contributed by atoms with Crippen LogP contribution in [0.15, 0.2) is 60.0 Å². The molecular formula is C34H45F3N6O7S. The maximum atomic E-state index is 14.3. The summed E-state index contributed by atoms with van der Waals surface area (Å²) in [5.74, 6) is -0.663. The number of sulfonamides is 1. The van der Waals surface area contributed by atoms with Crippen LogP contribution in [0.5, 0.6) is 5.75 Å². The van der Waals surface area contributed by atoms with Crippen LogP contribution in [-0.2, 0) is 28.0 Å². The predicted molar refractivity (Wildman–Crippen MR) is 184 cm³/mol. The number of rotatable bonds is 8. The lowest BCUT2D eigenvalue weighted by Crippen LogP contribution is -2.48. The number of hydrogen-bond donors (Lipinski definition) is 3. The Morgan fingerprint density at radius 2 is 1.78 bits per heavy atom. The van der Waals surface area contributed by atoms with E-state index in [9.17, 15) is 36.3 Å². The Bertz CT molecular complexity index is 1750. The van der Waals surface area contributed by atoms with E-state index in [0.29, 0.717) is 19.4 Å². The van der Waals surface area contributed by atoms with Gasteiger partial charge in [0.15, 0.2) is 5.03 Å². The van der Waals surface area contributed by atoms with Gasteiger partial charge in [-0.3, -0.25) is 4.79 Å². The van der Waals surface area contributed by atoms with Gasteiger partial charge in [-0.25, -0.2) is 18.2 Å². The van der Waals surface area contributed by atoms with Gasteiger partial charge in [0.2, 0.25) is 0 Å². The fourth-order valence-corrected chi connectivity index (χ4v) is 6.67. The van der Waals surface area contributed by atoms with Crippen LogP contribution in [0.3, 0.4) is 0 Å². The first-order valence-corrected chi connectivity index (χ1v) is 18.0. The number of carbonyl (C=O) groups is 2. The Kier molecular flexibility index (Phi) is 13.1. The van der Waals surface area contributed by atoms with E-state index >= 15 is 0 Å². The van der Waals surface area contributed by atoms with E-state index in [1.54, 1.807) is 26.1 Å². The number of aromatic nitrogens is 2. The third kappa shape index (κ3) is 10.4. The second-order valence-corrected chi connectivity index (χ2v) is 14.8. The van der Waals surface area contributed by atoms with Crippen molar-refractivity contribution in [2.24, 2.45) is 13.0 Å². The third-order valence-electron chi connectivity index (χ3n) is 8.57. The highest BCUT2D eigenvalue weighted by atomic mass is 32.2. The van der Waals surface area contributed by atoms with Gasteiger partial charge in [0.1, 0.15) is 5.75 Å². The topological polar surface area (TPSA) is 155 Å². The summed E-state index contributed by atoms with van der Waals surface area (Å²) in [7, 11) is -0.820. The molecule has 4 rings (SSSR count). The molecule has 51 heavy (non-hydrogen) atoms. The van der Waals surface area contributed by atoms with E-state index in [2.05, 4.69) is 15.6 Å². The molecule has 1 aliphatic rings. The van der Waals surface area contributed by atoms with Gasteiger partial charge in [0.25, 0.3) is 15.9 Å². The molecular weight excluding hydrogens is 693 g/mol. The number of nitrogens with one attached hydrogen (secondary N) is 2. The number of hydrogen-bond acceptors (Lipinski definition) is 8. The highest BCUT2D eigenvalue weighted by Gasteiger charge is 2.33. The largest absolute Gasteiger partial charge is 0.490 e. The fourth-order valence-electron chi connectivity index (χ4n) is 5.53. The van der Waals surface area contributed by atoms with Crippen LogP contribution in [-0.4, -0.2) is 95.8 Å². The van der Waals surface area contributed by atoms with E-state index in [0.717, 1.165) is 30.7 Å². The van der Waals surface area contributed by atoms with Crippen molar-refractivity contribution >= 4 is 33.3 Å². The number of aliphatic hydroxyl groups excluding tert-OH is 1. The fraction of sp³-hybridized carbons (Fsp3) is 0.500. The molecule has 0 fully saturated rings. The molecule has 0 saturated carbocycles. The van der Waals surface area contributed by atoms with Crippen molar-refractivity contribution in [2.75, 3.05) is 44.0 Å². The highest BCUT2D eigenvalue weighted by Crippen LogP contribution is 2.31. The Morgan fingerprint density at radius 1 is 1.12 bits per heavy atom. The molecule has 2 heterocycles. The number of alkyl halides is 3. The quantitative estimate of drug-likeness (QED) is 0.285. The Balaban J connectivity index is 1.60. The predicted octanol–water partition coefficient (Wildman–Crippen LogP) is 5.20. The lowest BCUT2D eigenvalue weighted by molar-refractivity contribution is -0.137. The first-order valence-electron chi connectivity index (χ1n) is 16.5. The van der Waals surface area contributed by atoms with Gasteiger partial charge < -0.3 is 34.7 Å². The zero-order valence-corrected chi connectivity index (χ0v) is 30.0. The number of fused-ring (bicyclic) bond motifs is 1. The number of imidazole rings is 1. The molecule has 0 aliphatic carbocycles. The number of nitrogens with zero attached hydrogens (tertiary/aromatic N) is 4. The number of carbonyl (C=O) groups excluding carboxylic acids is 2. The average molecular weight is 739 g/mol. The van der Waals surface area contributed by atoms with Crippen molar-refractivity contribution in [1.29, 1.82) is 0 Å². The molecule has 1 aliphatic heterocycles. The monoisotopic (exact) mass is 738 g/mol. The van der Waals surface area contributed by atoms with Gasteiger partial charge in [-0.15, -0.1) is 0 Å². The minimum atomic E-state index is -4.52. The van der Waals surface area contributed by atoms with Crippen molar-refractivity contribution in [2.45, 2.75) is 69.5 Å². The van der Waals surface area contributed by atoms with E-state index < -0.39 is 51.8 Å². The number of aryl methyl sites for hydroxylation is 1. The van der Waals surface area contributed by atoms with Crippen molar-refractivity contribution in [3.8, 4) is 5.75 Å². The summed E-state index contributed by atoms with van der Waals surface area (Å²) in [4.78, 5) is 32.6. The molecule has 3 aromatic rings. The molecule has 0 bridgehead atoms. The third-order valence-corrected chi connectivity index (χ3v) is 10.3. The smallest absolute Gasteiger partial charge is 0.416 e. The van der Waals surface area contributed by atoms with E-state index in [1.165, 1.54) is 39.4 Å². The SMILES string of the molecule is C[C@@H]1CCCCO[C@@H](CN(C)S(=O)(=O)c2cn(C)cn2)[C@H](C)CN([C@@H](C)CO)C(=O)c2cc(NC(=O)Nc3ccc(C(F)(F)F)cc3)ccc2O1. The summed E-state index contributed by atoms with van der Waals surface area (Å²) in [6.45, 7) is 5.40. The summed E-state index contributed by atoms with van der Waals surface area (Å²) in [6.07, 6.45) is -0.630. The van der Waals surface area contributed by atoms with Crippen molar-refractivity contribution in [1.82, 2.24) is 18.8 Å². The standard InChI is InChI=1S/C34H45F3N6O7S/c1-22-17-43(23(2)20-44)32(45)28-16-27(40-33(46)39-26-11-9-25(10-12-26)34(35,36)37)13-14-29(28)50-24(3)8-6-7-15-49-30(22)18-42(5)51(47,48)31-19-41(4)21-38-31/h9-14,16,19,21-24,30,44H,6-8,15,17-18,20H2,1-5H3,(H2,39,40,46)/t22-,23+,24-,30+/m1/s1. The number of ether oxygens (including phenoxy) is 2. The number of halogens is 3. The van der Waals surface area contributed by atoms with Gasteiger partial charge >= 0.3 is 12.2 Å². The van der Waals surface area contributed by atoms with Gasteiger partial charge in [-0.2, -0.15) is 17.5 Å². The first-order chi connectivity index (χ1) is 24.0. The zero-order valence-electron chi connectivity index (χ0n) is 29.2. The van der Waals surface area contributed by atoms with E-state index in [1.807, 2.05) is 13.8 Å². The summed E-state index contributed by atoms with van der Waals surface area (Å²) >= 11 is 0. The second kappa shape index (κ2) is 16.9. The average Bonchev–Trinajstić information content (AvgIpc) is 3.52. The van der Waals surface area contributed by atoms with Crippen LogP contribution in [0.25, 0.3) is 0 Å². The van der Waals surface area contributed by atoms with Crippen LogP contribution < -0.4 is 15.4 Å². The van der Waals surface area contributed by atoms with Crippen molar-refractivity contribution < 1.29 is 45.8 Å². The van der Waals surface area contributed by atoms with Crippen molar-refractivity contribution in [3.05, 3.63) is 66.1 Å². The second-order valence-electron chi connectivity index (χ2n) is 12.8. The number of urea groups is 1. The van der Waals surface area contributed by atoms with Crippen LogP contribution in [0.4, 0.5) is 29.3 Å². The molecule has 0 spiro atoms. The lowest BCUT2D eigenvalue weighted by atomic mass is 10.0. The van der Waals surface area contributed by atoms with Crippen LogP contribution in [0, 0.1) is 5.92 Å². The normalized spacial score (nSPS) is 20.2. The minimum absolute atomic E-state index is 0.0200. The number of benzene rings is 2. The van der Waals surface area contributed by atoms with Gasteiger partial charge in [-0.05, 0) is 75.6 Å². The summed E-state index contributed by atoms with van der Waals surface area (Å²) in [6, 6.07) is 7.06. The Labute approximate surface area is 295 Å². The molecule has 17 heteroatoms. The molecule has 1 aromatic heterocycles. The molecule has 2 aromatic carbocycles. The number of amides is 3. The molecule has 13 nitrogen and oxygen atoms in total. The Morgan fingerprint density at radius 3 is 2.41 bits per heavy atom. The molecule has 0 unspecified atom stereocenters. The molecule has 280 valence electrons. The zero-order chi connectivity index (χ0) is 37.5. The molecule has 4 atom stereocenters. The lowest BCUT2D eigenvalue weighted by Gasteiger charge is -2.35. The number of aliphatic hydroxyl groups is 1. The number of likely N-dealkylation sites (N-methyl/N-ethyl adjacent to an activating group) is 1. The van der Waals surface area contributed by atoms with Crippen molar-refractivity contribution in [3.63, 3.8) is 0 Å². The molecule has 3 N–H and O–H groups in total. The molecule has 0 radical (unpaired) electrons. The van der Waals surface area contributed by atoms with Gasteiger partial charge in [-0.1, -0.05) is 6.92 Å². The van der Waals surface area contributed by atoms with Crippen LogP contribution in [0.2, 0.25) is 0 Å². The summed E-state index contributed by atoms with van der Waals surface area (Å²) in [5, 5.41) is 15.2. The van der Waals surface area contributed by atoms with E-state index in [-0.39, 0.29) is 53.5 Å². The maximum absolute atomic E-state index is 14.3. The van der Waals surface area contributed by atoms with Gasteiger partial charge in [0, 0.05) is 57.3 Å². The first kappa shape index (κ1) is 39.6. The Hall–Kier alpha value is -4.19. The van der Waals surface area contributed by atoms with Gasteiger partial charge in [0.05, 0.1) is 42.3 Å². The van der Waals surface area contributed by atoms with E-state index in [4.69, 9.17) is 9.47 Å². The summed E-state index contributed by atoms with van der Waals surface area (Å²) in [5.41, 5.74) is -0.427. The molecule has 3 amide bonds. The minimum Gasteiger partial charge on any atom is -0.490 e. The highest BCUT2D eigenvalue weighted by molar-refractivity contribution is 7.89.